The Balaban J connectivity index is 2.36. The molecule has 19 heavy (non-hydrogen) atoms. The number of thioether (sulfide) groups is 1. The number of hydrogen-bond acceptors (Lipinski definition) is 3. The zero-order valence-electron chi connectivity index (χ0n) is 11.0. The van der Waals surface area contributed by atoms with Crippen LogP contribution in [0.4, 0.5) is 5.69 Å². The highest BCUT2D eigenvalue weighted by Crippen LogP contribution is 2.44. The molecular weight excluding hydrogens is 260 g/mol. The van der Waals surface area contributed by atoms with Crippen molar-refractivity contribution in [3.63, 3.8) is 0 Å². The highest BCUT2D eigenvalue weighted by molar-refractivity contribution is 8.02. The molecule has 0 bridgehead atoms. The lowest BCUT2D eigenvalue weighted by atomic mass is 10.1. The SMILES string of the molecule is C=CCNC(=O)C1(C)Sc2ccccc2N(C)C1=O. The first-order valence-electron chi connectivity index (χ1n) is 5.96. The van der Waals surface area contributed by atoms with E-state index in [9.17, 15) is 9.59 Å². The Kier molecular flexibility index (Phi) is 3.66. The second kappa shape index (κ2) is 5.09. The number of carbonyl (C=O) groups is 2. The predicted molar refractivity (Wildman–Crippen MR) is 77.3 cm³/mol. The minimum atomic E-state index is -1.13. The van der Waals surface area contributed by atoms with Crippen molar-refractivity contribution in [3.05, 3.63) is 36.9 Å². The molecule has 5 heteroatoms. The predicted octanol–water partition coefficient (Wildman–Crippen LogP) is 1.82. The van der Waals surface area contributed by atoms with Crippen LogP contribution in [0.3, 0.4) is 0 Å². The summed E-state index contributed by atoms with van der Waals surface area (Å²) < 4.78 is -1.13. The van der Waals surface area contributed by atoms with Crippen molar-refractivity contribution in [2.24, 2.45) is 0 Å². The van der Waals surface area contributed by atoms with Gasteiger partial charge in [-0.2, -0.15) is 0 Å². The summed E-state index contributed by atoms with van der Waals surface area (Å²) in [6, 6.07) is 7.57. The Morgan fingerprint density at radius 2 is 2.21 bits per heavy atom. The maximum absolute atomic E-state index is 12.4. The fraction of sp³-hybridized carbons (Fsp3) is 0.286. The minimum absolute atomic E-state index is 0.210. The van der Waals surface area contributed by atoms with Crippen LogP contribution in [0.25, 0.3) is 0 Å². The average Bonchev–Trinajstić information content (AvgIpc) is 2.42. The molecule has 100 valence electrons. The molecule has 1 aliphatic rings. The summed E-state index contributed by atoms with van der Waals surface area (Å²) in [5.74, 6) is -0.499. The van der Waals surface area contributed by atoms with Crippen LogP contribution in [0.5, 0.6) is 0 Å². The van der Waals surface area contributed by atoms with Crippen molar-refractivity contribution in [2.75, 3.05) is 18.5 Å². The molecular formula is C14H16N2O2S. The summed E-state index contributed by atoms with van der Waals surface area (Å²) in [6.45, 7) is 5.57. The van der Waals surface area contributed by atoms with Gasteiger partial charge in [0.25, 0.3) is 5.91 Å². The zero-order valence-corrected chi connectivity index (χ0v) is 11.8. The van der Waals surface area contributed by atoms with E-state index in [1.807, 2.05) is 24.3 Å². The molecule has 0 radical (unpaired) electrons. The number of carbonyl (C=O) groups excluding carboxylic acids is 2. The van der Waals surface area contributed by atoms with Gasteiger partial charge in [0.15, 0.2) is 4.75 Å². The molecule has 0 saturated heterocycles. The molecule has 0 spiro atoms. The third kappa shape index (κ3) is 2.26. The van der Waals surface area contributed by atoms with Gasteiger partial charge < -0.3 is 10.2 Å². The molecule has 1 aliphatic heterocycles. The van der Waals surface area contributed by atoms with E-state index in [0.29, 0.717) is 6.54 Å². The molecule has 1 unspecified atom stereocenters. The monoisotopic (exact) mass is 276 g/mol. The van der Waals surface area contributed by atoms with E-state index in [1.165, 1.54) is 11.8 Å². The molecule has 2 rings (SSSR count). The number of rotatable bonds is 3. The largest absolute Gasteiger partial charge is 0.351 e. The zero-order chi connectivity index (χ0) is 14.0. The first kappa shape index (κ1) is 13.7. The van der Waals surface area contributed by atoms with Crippen LogP contribution in [-0.2, 0) is 9.59 Å². The summed E-state index contributed by atoms with van der Waals surface area (Å²) in [5.41, 5.74) is 0.839. The molecule has 0 aromatic heterocycles. The molecule has 1 atom stereocenters. The fourth-order valence-corrected chi connectivity index (χ4v) is 3.28. The van der Waals surface area contributed by atoms with Crippen molar-refractivity contribution < 1.29 is 9.59 Å². The molecule has 1 aromatic carbocycles. The number of nitrogens with one attached hydrogen (secondary N) is 1. The lowest BCUT2D eigenvalue weighted by Crippen LogP contribution is -2.55. The van der Waals surface area contributed by atoms with Crippen LogP contribution < -0.4 is 10.2 Å². The van der Waals surface area contributed by atoms with Gasteiger partial charge in [-0.3, -0.25) is 9.59 Å². The third-order valence-corrected chi connectivity index (χ3v) is 4.43. The van der Waals surface area contributed by atoms with Gasteiger partial charge in [0.1, 0.15) is 0 Å². The molecule has 1 N–H and O–H groups in total. The van der Waals surface area contributed by atoms with E-state index < -0.39 is 4.75 Å². The van der Waals surface area contributed by atoms with Crippen LogP contribution in [0, 0.1) is 0 Å². The van der Waals surface area contributed by atoms with E-state index in [4.69, 9.17) is 0 Å². The topological polar surface area (TPSA) is 49.4 Å². The Morgan fingerprint density at radius 3 is 2.89 bits per heavy atom. The maximum atomic E-state index is 12.4. The highest BCUT2D eigenvalue weighted by Gasteiger charge is 2.47. The number of para-hydroxylation sites is 1. The Morgan fingerprint density at radius 1 is 1.53 bits per heavy atom. The summed E-state index contributed by atoms with van der Waals surface area (Å²) in [4.78, 5) is 27.1. The van der Waals surface area contributed by atoms with Gasteiger partial charge in [-0.15, -0.1) is 6.58 Å². The summed E-state index contributed by atoms with van der Waals surface area (Å²) >= 11 is 1.29. The van der Waals surface area contributed by atoms with Crippen molar-refractivity contribution in [1.29, 1.82) is 0 Å². The highest BCUT2D eigenvalue weighted by atomic mass is 32.2. The quantitative estimate of drug-likeness (QED) is 0.676. The first-order chi connectivity index (χ1) is 9.00. The number of amides is 2. The van der Waals surface area contributed by atoms with Gasteiger partial charge in [0.05, 0.1) is 5.69 Å². The standard InChI is InChI=1S/C14H16N2O2S/c1-4-9-15-12(17)14(2)13(18)16(3)10-7-5-6-8-11(10)19-14/h4-8H,1,9H2,2-3H3,(H,15,17). The van der Waals surface area contributed by atoms with Gasteiger partial charge in [0.2, 0.25) is 5.91 Å². The fourth-order valence-electron chi connectivity index (χ4n) is 1.99. The summed E-state index contributed by atoms with van der Waals surface area (Å²) in [6.07, 6.45) is 1.59. The number of hydrogen-bond donors (Lipinski definition) is 1. The molecule has 1 aromatic rings. The first-order valence-corrected chi connectivity index (χ1v) is 6.77. The van der Waals surface area contributed by atoms with E-state index in [2.05, 4.69) is 11.9 Å². The van der Waals surface area contributed by atoms with Crippen molar-refractivity contribution in [2.45, 2.75) is 16.6 Å². The molecule has 2 amide bonds. The van der Waals surface area contributed by atoms with Gasteiger partial charge >= 0.3 is 0 Å². The van der Waals surface area contributed by atoms with Gasteiger partial charge in [-0.05, 0) is 19.1 Å². The molecule has 0 aliphatic carbocycles. The number of fused-ring (bicyclic) bond motifs is 1. The summed E-state index contributed by atoms with van der Waals surface area (Å²) in [7, 11) is 1.69. The second-order valence-corrected chi connectivity index (χ2v) is 5.93. The van der Waals surface area contributed by atoms with Crippen molar-refractivity contribution in [3.8, 4) is 0 Å². The lowest BCUT2D eigenvalue weighted by Gasteiger charge is -2.36. The van der Waals surface area contributed by atoms with Gasteiger partial charge in [0, 0.05) is 18.5 Å². The van der Waals surface area contributed by atoms with E-state index >= 15 is 0 Å². The maximum Gasteiger partial charge on any atom is 0.252 e. The van der Waals surface area contributed by atoms with Crippen LogP contribution in [0.15, 0.2) is 41.8 Å². The van der Waals surface area contributed by atoms with E-state index in [-0.39, 0.29) is 11.8 Å². The van der Waals surface area contributed by atoms with Crippen LogP contribution in [0.1, 0.15) is 6.92 Å². The number of benzene rings is 1. The second-order valence-electron chi connectivity index (χ2n) is 4.47. The summed E-state index contributed by atoms with van der Waals surface area (Å²) in [5, 5.41) is 2.70. The van der Waals surface area contributed by atoms with Gasteiger partial charge in [-0.1, -0.05) is 30.0 Å². The number of nitrogens with zero attached hydrogens (tertiary/aromatic N) is 1. The Hall–Kier alpha value is -1.75. The van der Waals surface area contributed by atoms with Gasteiger partial charge in [-0.25, -0.2) is 0 Å². The molecule has 4 nitrogen and oxygen atoms in total. The van der Waals surface area contributed by atoms with E-state index in [0.717, 1.165) is 10.6 Å². The van der Waals surface area contributed by atoms with Crippen molar-refractivity contribution in [1.82, 2.24) is 5.32 Å². The molecule has 0 fully saturated rings. The minimum Gasteiger partial charge on any atom is -0.351 e. The Bertz CT molecular complexity index is 544. The number of anilines is 1. The van der Waals surface area contributed by atoms with E-state index in [1.54, 1.807) is 24.9 Å². The smallest absolute Gasteiger partial charge is 0.252 e. The Labute approximate surface area is 116 Å². The van der Waals surface area contributed by atoms with Crippen LogP contribution in [0.2, 0.25) is 0 Å². The third-order valence-electron chi connectivity index (χ3n) is 3.09. The normalized spacial score (nSPS) is 21.8. The molecule has 1 heterocycles. The van der Waals surface area contributed by atoms with Crippen LogP contribution in [-0.4, -0.2) is 30.2 Å². The van der Waals surface area contributed by atoms with Crippen molar-refractivity contribution >= 4 is 29.3 Å². The average molecular weight is 276 g/mol. The van der Waals surface area contributed by atoms with Crippen LogP contribution >= 0.6 is 11.8 Å². The molecule has 0 saturated carbocycles. The lowest BCUT2D eigenvalue weighted by molar-refractivity contribution is -0.130.